The molecule has 0 aliphatic carbocycles. The van der Waals surface area contributed by atoms with E-state index >= 15 is 0 Å². The summed E-state index contributed by atoms with van der Waals surface area (Å²) in [7, 11) is 0. The minimum absolute atomic E-state index is 0.118. The number of benzene rings is 1. The number of carbonyl (C=O) groups excluding carboxylic acids is 1. The van der Waals surface area contributed by atoms with Gasteiger partial charge in [-0.2, -0.15) is 4.98 Å². The van der Waals surface area contributed by atoms with Crippen LogP contribution >= 0.6 is 11.3 Å². The van der Waals surface area contributed by atoms with Gasteiger partial charge in [-0.3, -0.25) is 4.79 Å². The smallest absolute Gasteiger partial charge is 0.263 e. The molecule has 1 atom stereocenters. The molecule has 0 fully saturated rings. The summed E-state index contributed by atoms with van der Waals surface area (Å²) in [6.07, 6.45) is -0.606. The summed E-state index contributed by atoms with van der Waals surface area (Å²) in [6, 6.07) is 9.79. The number of likely N-dealkylation sites (N-methyl/N-ethyl adjacent to an activating group) is 1. The molecule has 7 heteroatoms. The molecule has 3 aromatic rings. The third-order valence-electron chi connectivity index (χ3n) is 4.08. The normalized spacial score (nSPS) is 12.0. The number of aromatic nitrogens is 2. The quantitative estimate of drug-likeness (QED) is 0.609. The first kappa shape index (κ1) is 19.1. The minimum Gasteiger partial charge on any atom is -0.481 e. The lowest BCUT2D eigenvalue weighted by molar-refractivity contribution is -0.138. The minimum atomic E-state index is -0.606. The number of nitrogens with zero attached hydrogens (tertiary/aromatic N) is 3. The number of rotatable bonds is 7. The number of hydrogen-bond acceptors (Lipinski definition) is 6. The van der Waals surface area contributed by atoms with Gasteiger partial charge in [-0.25, -0.2) is 0 Å². The maximum atomic E-state index is 12.8. The Hall–Kier alpha value is -2.67. The van der Waals surface area contributed by atoms with Crippen LogP contribution in [0.25, 0.3) is 10.7 Å². The lowest BCUT2D eigenvalue weighted by Gasteiger charge is -2.23. The molecule has 1 aromatic carbocycles. The highest BCUT2D eigenvalue weighted by Gasteiger charge is 2.23. The van der Waals surface area contributed by atoms with Crippen LogP contribution in [0.1, 0.15) is 30.9 Å². The number of ether oxygens (including phenoxy) is 1. The van der Waals surface area contributed by atoms with Crippen LogP contribution in [0.3, 0.4) is 0 Å². The van der Waals surface area contributed by atoms with Crippen molar-refractivity contribution in [2.24, 2.45) is 0 Å². The zero-order valence-corrected chi connectivity index (χ0v) is 16.7. The molecule has 6 nitrogen and oxygen atoms in total. The highest BCUT2D eigenvalue weighted by atomic mass is 32.1. The van der Waals surface area contributed by atoms with Gasteiger partial charge in [0.1, 0.15) is 12.3 Å². The third-order valence-corrected chi connectivity index (χ3v) is 4.95. The van der Waals surface area contributed by atoms with E-state index in [0.29, 0.717) is 24.0 Å². The number of carbonyl (C=O) groups is 1. The van der Waals surface area contributed by atoms with Crippen LogP contribution in [-0.2, 0) is 11.3 Å². The van der Waals surface area contributed by atoms with E-state index in [1.165, 1.54) is 0 Å². The molecule has 2 heterocycles. The van der Waals surface area contributed by atoms with E-state index in [-0.39, 0.29) is 12.5 Å². The summed E-state index contributed by atoms with van der Waals surface area (Å²) in [6.45, 7) is 8.47. The highest BCUT2D eigenvalue weighted by Crippen LogP contribution is 2.22. The van der Waals surface area contributed by atoms with E-state index in [2.05, 4.69) is 16.2 Å². The largest absolute Gasteiger partial charge is 0.481 e. The fourth-order valence-electron chi connectivity index (χ4n) is 2.85. The Morgan fingerprint density at radius 3 is 2.67 bits per heavy atom. The van der Waals surface area contributed by atoms with Crippen LogP contribution in [-0.4, -0.2) is 33.6 Å². The topological polar surface area (TPSA) is 68.5 Å². The zero-order chi connectivity index (χ0) is 19.4. The van der Waals surface area contributed by atoms with Crippen molar-refractivity contribution in [3.8, 4) is 16.5 Å². The van der Waals surface area contributed by atoms with Gasteiger partial charge >= 0.3 is 0 Å². The summed E-state index contributed by atoms with van der Waals surface area (Å²) < 4.78 is 11.2. The van der Waals surface area contributed by atoms with Crippen molar-refractivity contribution in [3.05, 3.63) is 52.7 Å². The van der Waals surface area contributed by atoms with Crippen LogP contribution < -0.4 is 4.74 Å². The maximum Gasteiger partial charge on any atom is 0.263 e. The fourth-order valence-corrected chi connectivity index (χ4v) is 3.50. The van der Waals surface area contributed by atoms with Gasteiger partial charge in [-0.15, -0.1) is 11.3 Å². The van der Waals surface area contributed by atoms with Crippen LogP contribution in [0, 0.1) is 13.8 Å². The number of amides is 1. The molecule has 142 valence electrons. The molecule has 27 heavy (non-hydrogen) atoms. The first-order valence-corrected chi connectivity index (χ1v) is 9.74. The Bertz CT molecular complexity index is 885. The average molecular weight is 385 g/mol. The van der Waals surface area contributed by atoms with E-state index < -0.39 is 6.10 Å². The summed E-state index contributed by atoms with van der Waals surface area (Å²) >= 11 is 1.54. The maximum absolute atomic E-state index is 12.8. The molecule has 3 rings (SSSR count). The molecular formula is C20H23N3O3S. The Morgan fingerprint density at radius 1 is 1.30 bits per heavy atom. The van der Waals surface area contributed by atoms with Crippen LogP contribution in [0.2, 0.25) is 0 Å². The van der Waals surface area contributed by atoms with Gasteiger partial charge in [0.25, 0.3) is 5.91 Å². The summed E-state index contributed by atoms with van der Waals surface area (Å²) in [5.41, 5.74) is 2.20. The first-order chi connectivity index (χ1) is 13.0. The third kappa shape index (κ3) is 4.74. The predicted octanol–water partition coefficient (Wildman–Crippen LogP) is 4.23. The van der Waals surface area contributed by atoms with Crippen LogP contribution in [0.5, 0.6) is 5.75 Å². The van der Waals surface area contributed by atoms with Crippen LogP contribution in [0.15, 0.2) is 40.2 Å². The average Bonchev–Trinajstić information content (AvgIpc) is 3.29. The van der Waals surface area contributed by atoms with Gasteiger partial charge in [0, 0.05) is 6.54 Å². The lowest BCUT2D eigenvalue weighted by atomic mass is 10.1. The van der Waals surface area contributed by atoms with E-state index in [4.69, 9.17) is 9.26 Å². The summed E-state index contributed by atoms with van der Waals surface area (Å²) in [5, 5.41) is 5.95. The molecule has 0 N–H and O–H groups in total. The van der Waals surface area contributed by atoms with E-state index in [9.17, 15) is 4.79 Å². The second-order valence-corrected chi connectivity index (χ2v) is 7.37. The summed E-state index contributed by atoms with van der Waals surface area (Å²) in [4.78, 5) is 19.8. The molecule has 2 aromatic heterocycles. The highest BCUT2D eigenvalue weighted by molar-refractivity contribution is 7.13. The number of thiophene rings is 1. The zero-order valence-electron chi connectivity index (χ0n) is 15.9. The Balaban J connectivity index is 1.66. The molecule has 0 aliphatic heterocycles. The molecule has 0 aliphatic rings. The molecule has 0 saturated carbocycles. The van der Waals surface area contributed by atoms with Crippen LogP contribution in [0.4, 0.5) is 0 Å². The van der Waals surface area contributed by atoms with E-state index in [1.807, 2.05) is 50.4 Å². The van der Waals surface area contributed by atoms with Crippen molar-refractivity contribution in [2.75, 3.05) is 6.54 Å². The Morgan fingerprint density at radius 2 is 2.04 bits per heavy atom. The second kappa shape index (κ2) is 8.35. The Kier molecular flexibility index (Phi) is 5.91. The predicted molar refractivity (Wildman–Crippen MR) is 105 cm³/mol. The van der Waals surface area contributed by atoms with Crippen molar-refractivity contribution in [3.63, 3.8) is 0 Å². The standard InChI is InChI=1S/C20H23N3O3S/c1-5-23(12-18-21-19(22-26-18)17-7-6-8-27-17)20(24)15(4)25-16-10-13(2)9-14(3)11-16/h6-11,15H,5,12H2,1-4H3/t15-/m0/s1. The number of hydrogen-bond donors (Lipinski definition) is 0. The molecule has 0 radical (unpaired) electrons. The van der Waals surface area contributed by atoms with Crippen molar-refractivity contribution >= 4 is 17.2 Å². The van der Waals surface area contributed by atoms with Gasteiger partial charge in [-0.05, 0) is 62.4 Å². The van der Waals surface area contributed by atoms with Gasteiger partial charge in [0.2, 0.25) is 11.7 Å². The molecule has 0 unspecified atom stereocenters. The van der Waals surface area contributed by atoms with Crippen molar-refractivity contribution in [1.29, 1.82) is 0 Å². The van der Waals surface area contributed by atoms with Crippen molar-refractivity contribution in [1.82, 2.24) is 15.0 Å². The van der Waals surface area contributed by atoms with Crippen molar-refractivity contribution in [2.45, 2.75) is 40.3 Å². The first-order valence-electron chi connectivity index (χ1n) is 8.86. The monoisotopic (exact) mass is 385 g/mol. The van der Waals surface area contributed by atoms with Gasteiger partial charge in [0.15, 0.2) is 6.10 Å². The van der Waals surface area contributed by atoms with E-state index in [1.54, 1.807) is 23.2 Å². The SMILES string of the molecule is CCN(Cc1nc(-c2cccs2)no1)C(=O)[C@H](C)Oc1cc(C)cc(C)c1. The van der Waals surface area contributed by atoms with Crippen molar-refractivity contribution < 1.29 is 14.1 Å². The molecule has 0 spiro atoms. The summed E-state index contributed by atoms with van der Waals surface area (Å²) in [5.74, 6) is 1.53. The molecule has 1 amide bonds. The van der Waals surface area contributed by atoms with Gasteiger partial charge in [0.05, 0.1) is 4.88 Å². The molecule has 0 saturated heterocycles. The molecular weight excluding hydrogens is 362 g/mol. The number of aryl methyl sites for hydroxylation is 2. The molecule has 0 bridgehead atoms. The van der Waals surface area contributed by atoms with Gasteiger partial charge < -0.3 is 14.2 Å². The fraction of sp³-hybridized carbons (Fsp3) is 0.350. The Labute approximate surface area is 162 Å². The van der Waals surface area contributed by atoms with Gasteiger partial charge in [-0.1, -0.05) is 17.3 Å². The second-order valence-electron chi connectivity index (χ2n) is 6.42. The van der Waals surface area contributed by atoms with E-state index in [0.717, 1.165) is 16.0 Å². The lowest BCUT2D eigenvalue weighted by Crippen LogP contribution is -2.40.